The second-order valence-corrected chi connectivity index (χ2v) is 25.3. The number of anilines is 2. The smallest absolute Gasteiger partial charge is 0.409 e. The number of halogens is 3. The minimum Gasteiger partial charge on any atom is -0.495 e. The zero-order chi connectivity index (χ0) is 67.1. The summed E-state index contributed by atoms with van der Waals surface area (Å²) < 4.78 is 35.1. The number of alkyl halides is 2. The fourth-order valence-electron chi connectivity index (χ4n) is 10.9. The van der Waals surface area contributed by atoms with E-state index in [9.17, 15) is 48.3 Å². The van der Waals surface area contributed by atoms with Crippen LogP contribution in [0.15, 0.2) is 66.4 Å². The fraction of sp³-hybridized carbons (Fsp3) is 0.556. The number of pyridine rings is 1. The number of epoxide rings is 1. The Labute approximate surface area is 551 Å². The van der Waals surface area contributed by atoms with Gasteiger partial charge in [0.1, 0.15) is 52.8 Å². The lowest BCUT2D eigenvalue weighted by molar-refractivity contribution is -0.158. The molecule has 3 aliphatic heterocycles. The molecule has 3 aromatic rings. The molecule has 0 unspecified atom stereocenters. The Morgan fingerprint density at radius 2 is 1.73 bits per heavy atom. The normalized spacial score (nSPS) is 23.6. The zero-order valence-corrected chi connectivity index (χ0v) is 56.8. The van der Waals surface area contributed by atoms with E-state index in [-0.39, 0.29) is 78.4 Å². The number of aliphatic hydroxyl groups is 1. The number of nitrogens with one attached hydrogen (secondary N) is 5. The summed E-state index contributed by atoms with van der Waals surface area (Å²) in [5.41, 5.74) is 4.27. The summed E-state index contributed by atoms with van der Waals surface area (Å²) in [7, 11) is 5.77. The van der Waals surface area contributed by atoms with Crippen LogP contribution >= 0.6 is 43.5 Å². The number of carbonyl (C=O) groups excluding carboxylic acids is 9. The van der Waals surface area contributed by atoms with Gasteiger partial charge in [0.15, 0.2) is 5.72 Å². The predicted molar refractivity (Wildman–Crippen MR) is 347 cm³/mol. The molecular formula is C63H84Br2ClN9O16. The maximum Gasteiger partial charge on any atom is 0.409 e. The highest BCUT2D eigenvalue weighted by atomic mass is 79.9. The molecule has 4 bridgehead atoms. The van der Waals surface area contributed by atoms with E-state index < -0.39 is 114 Å². The highest BCUT2D eigenvalue weighted by Gasteiger charge is 2.64. The van der Waals surface area contributed by atoms with Gasteiger partial charge in [0, 0.05) is 68.8 Å². The number of allylic oxidation sites excluding steroid dienone is 3. The number of aromatic nitrogens is 1. The number of alkyl carbamates (subject to hydrolysis) is 1. The van der Waals surface area contributed by atoms with Crippen LogP contribution in [-0.4, -0.2) is 175 Å². The first-order chi connectivity index (χ1) is 43.1. The summed E-state index contributed by atoms with van der Waals surface area (Å²) in [6, 6.07) is 5.28. The molecule has 498 valence electrons. The van der Waals surface area contributed by atoms with E-state index in [4.69, 9.17) is 45.8 Å². The first kappa shape index (κ1) is 73.1. The van der Waals surface area contributed by atoms with E-state index in [0.717, 1.165) is 16.0 Å². The number of likely N-dealkylation sites (N-methyl/N-ethyl adjacent to an activating group) is 1. The maximum absolute atomic E-state index is 14.7. The van der Waals surface area contributed by atoms with Crippen molar-refractivity contribution in [3.05, 3.63) is 82.5 Å². The number of rotatable bonds is 25. The van der Waals surface area contributed by atoms with Crippen LogP contribution in [0.5, 0.6) is 5.75 Å². The second-order valence-electron chi connectivity index (χ2n) is 23.6. The number of amides is 8. The number of esters is 2. The number of fused-ring (bicyclic) bond motifs is 6. The van der Waals surface area contributed by atoms with Crippen molar-refractivity contribution in [3.63, 3.8) is 0 Å². The topological polar surface area (TPSA) is 338 Å². The van der Waals surface area contributed by atoms with Gasteiger partial charge in [0.2, 0.25) is 23.6 Å². The molecule has 2 saturated heterocycles. The van der Waals surface area contributed by atoms with Crippen LogP contribution in [-0.2, 0) is 58.9 Å². The standard InChI is InChI=1S/C63H84Br2ClN9O16/c1-34(2)52(72-49(76)21-12-11-13-26-88-59(82)39(32-64)33-65)56(79)71-43(19-16-25-69-60(67)83)55(78)70-42-23-22-41(53-40(42)18-15-24-68-53)57(80)74(7)37(5)58(81)90-48-30-50(77)75(8)44-28-38(29-45(86-9)51(44)66)27-35(3)17-14-20-47(87-10)63(85)31-46(89-61(84)73-63)36(4)54-62(48,6)91-54/h14-15,17-18,20,22-24,28-29,34,36-37,39,43,46-48,52,54,85H,11-13,16,19,21,25-27,30-33H2,1-10H3,(H,70,78)(H,71,79)(H,72,76)(H,73,84)(H3,67,69,83)/b20-14+,35-17+/t36-,37+,43+,46+,47-,48+,52+,54+,62+,63+/m1/s1. The summed E-state index contributed by atoms with van der Waals surface area (Å²) in [6.07, 6.45) is 3.30. The van der Waals surface area contributed by atoms with Crippen molar-refractivity contribution < 1.29 is 76.7 Å². The quantitative estimate of drug-likeness (QED) is 0.0149. The minimum atomic E-state index is -1.93. The number of hydrogen-bond donors (Lipinski definition) is 7. The number of hydrogen-bond acceptors (Lipinski definition) is 17. The van der Waals surface area contributed by atoms with E-state index in [1.165, 1.54) is 58.5 Å². The van der Waals surface area contributed by atoms with E-state index in [0.29, 0.717) is 53.2 Å². The number of primary amides is 1. The first-order valence-electron chi connectivity index (χ1n) is 30.1. The van der Waals surface area contributed by atoms with Gasteiger partial charge >= 0.3 is 24.1 Å². The van der Waals surface area contributed by atoms with Crippen LogP contribution in [0.3, 0.4) is 0 Å². The molecule has 25 nitrogen and oxygen atoms in total. The molecule has 0 saturated carbocycles. The number of benzene rings is 2. The Hall–Kier alpha value is -6.91. The SMILES string of the molecule is COc1cc2cc(c1Cl)N(C)C(=O)C[C@H](OC(=O)[C@H](C)N(C)C(=O)c1ccc(NC(=O)[C@H](CCCNC(N)=O)NC(=O)[C@@H](NC(=O)CCCCCOC(=O)C(CBr)CBr)C(C)C)c3cccnc13)[C@]1(C)O[C@H]1[C@H](C)[C@@H]1C[C@@](O)(NC(=O)O1)[C@H](OC)/C=C/C=C(\C)C2. The summed E-state index contributed by atoms with van der Waals surface area (Å²) in [5.74, 6) is -5.21. The van der Waals surface area contributed by atoms with Crippen molar-refractivity contribution in [1.29, 1.82) is 0 Å². The van der Waals surface area contributed by atoms with Crippen molar-refractivity contribution >= 4 is 119 Å². The minimum absolute atomic E-state index is 0.0237. The summed E-state index contributed by atoms with van der Waals surface area (Å²) in [4.78, 5) is 129. The van der Waals surface area contributed by atoms with Gasteiger partial charge in [-0.3, -0.25) is 39.1 Å². The number of nitrogens with zero attached hydrogens (tertiary/aromatic N) is 3. The Balaban J connectivity index is 1.21. The van der Waals surface area contributed by atoms with Crippen molar-refractivity contribution in [1.82, 2.24) is 31.2 Å². The Morgan fingerprint density at radius 1 is 1.00 bits per heavy atom. The number of nitrogens with two attached hydrogens (primary N) is 1. The number of methoxy groups -OCH3 is 2. The van der Waals surface area contributed by atoms with Crippen molar-refractivity contribution in [2.75, 3.05) is 62.3 Å². The first-order valence-corrected chi connectivity index (χ1v) is 32.7. The van der Waals surface area contributed by atoms with Crippen LogP contribution < -0.4 is 42.0 Å². The van der Waals surface area contributed by atoms with Crippen molar-refractivity contribution in [2.24, 2.45) is 23.5 Å². The van der Waals surface area contributed by atoms with E-state index >= 15 is 0 Å². The van der Waals surface area contributed by atoms with Crippen LogP contribution in [0.2, 0.25) is 5.02 Å². The third kappa shape index (κ3) is 18.9. The highest BCUT2D eigenvalue weighted by molar-refractivity contribution is 9.09. The average molecular weight is 1420 g/mol. The zero-order valence-electron chi connectivity index (χ0n) is 52.9. The largest absolute Gasteiger partial charge is 0.495 e. The lowest BCUT2D eigenvalue weighted by Crippen LogP contribution is -2.63. The molecule has 91 heavy (non-hydrogen) atoms. The molecule has 0 spiro atoms. The number of carbonyl (C=O) groups is 9. The third-order valence-electron chi connectivity index (χ3n) is 16.6. The molecule has 4 heterocycles. The molecular weight excluding hydrogens is 1330 g/mol. The van der Waals surface area contributed by atoms with E-state index in [1.807, 2.05) is 13.0 Å². The lowest BCUT2D eigenvalue weighted by atomic mass is 9.83. The molecule has 1 aromatic heterocycles. The van der Waals surface area contributed by atoms with Gasteiger partial charge in [-0.25, -0.2) is 14.4 Å². The highest BCUT2D eigenvalue weighted by Crippen LogP contribution is 2.49. The second kappa shape index (κ2) is 33.1. The van der Waals surface area contributed by atoms with Crippen molar-refractivity contribution in [2.45, 2.75) is 153 Å². The van der Waals surface area contributed by atoms with E-state index in [2.05, 4.69) is 63.4 Å². The maximum atomic E-state index is 14.7. The van der Waals surface area contributed by atoms with Crippen LogP contribution in [0.25, 0.3) is 10.9 Å². The van der Waals surface area contributed by atoms with E-state index in [1.54, 1.807) is 64.1 Å². The van der Waals surface area contributed by atoms with Gasteiger partial charge in [-0.05, 0) is 107 Å². The van der Waals surface area contributed by atoms with Gasteiger partial charge in [0.25, 0.3) is 5.91 Å². The van der Waals surface area contributed by atoms with Gasteiger partial charge < -0.3 is 70.3 Å². The van der Waals surface area contributed by atoms with Gasteiger partial charge in [-0.1, -0.05) is 88.0 Å². The molecule has 8 amide bonds. The van der Waals surface area contributed by atoms with Gasteiger partial charge in [-0.2, -0.15) is 0 Å². The van der Waals surface area contributed by atoms with Crippen LogP contribution in [0, 0.1) is 17.8 Å². The predicted octanol–water partition coefficient (Wildman–Crippen LogP) is 6.90. The molecule has 3 aliphatic rings. The lowest BCUT2D eigenvalue weighted by Gasteiger charge is -2.42. The molecule has 28 heteroatoms. The summed E-state index contributed by atoms with van der Waals surface area (Å²) >= 11 is 13.5. The Kier molecular flexibility index (Phi) is 26.6. The van der Waals surface area contributed by atoms with Gasteiger partial charge in [-0.15, -0.1) is 0 Å². The number of urea groups is 1. The molecule has 8 N–H and O–H groups in total. The molecule has 6 rings (SSSR count). The fourth-order valence-corrected chi connectivity index (χ4v) is 12.8. The molecule has 10 atom stereocenters. The molecule has 2 aromatic carbocycles. The van der Waals surface area contributed by atoms with Crippen LogP contribution in [0.1, 0.15) is 109 Å². The third-order valence-corrected chi connectivity index (χ3v) is 18.5. The molecule has 0 radical (unpaired) electrons. The molecule has 0 aliphatic carbocycles. The Morgan fingerprint density at radius 3 is 2.40 bits per heavy atom. The van der Waals surface area contributed by atoms with Gasteiger partial charge in [0.05, 0.1) is 54.6 Å². The number of unbranched alkanes of at least 4 members (excludes halogenated alkanes) is 2. The Bertz CT molecular complexity index is 3230. The monoisotopic (exact) mass is 1420 g/mol. The number of ether oxygens (including phenoxy) is 6. The van der Waals surface area contributed by atoms with Crippen molar-refractivity contribution in [3.8, 4) is 5.75 Å². The summed E-state index contributed by atoms with van der Waals surface area (Å²) in [5, 5.41) is 26.8. The van der Waals surface area contributed by atoms with Crippen LogP contribution in [0.4, 0.5) is 21.0 Å². The summed E-state index contributed by atoms with van der Waals surface area (Å²) in [6.45, 7) is 10.5. The average Bonchev–Trinajstić information content (AvgIpc) is 1.59. The molecule has 2 fully saturated rings.